The minimum absolute atomic E-state index is 1.00. The fourth-order valence-electron chi connectivity index (χ4n) is 0. The van der Waals surface area contributed by atoms with Crippen LogP contribution in [0.2, 0.25) is 0 Å². The van der Waals surface area contributed by atoms with Crippen LogP contribution >= 0.6 is 0 Å². The van der Waals surface area contributed by atoms with Gasteiger partial charge in [0, 0.05) is 0 Å². The number of hydrogen-bond acceptors (Lipinski definition) is 1. The van der Waals surface area contributed by atoms with Gasteiger partial charge in [-0.15, -0.1) is 0 Å². The van der Waals surface area contributed by atoms with Crippen LogP contribution in [0, 0.1) is 0 Å². The van der Waals surface area contributed by atoms with E-state index in [0.717, 1.165) is 6.26 Å². The summed E-state index contributed by atoms with van der Waals surface area (Å²) >= 11 is 1.75. The van der Waals surface area contributed by atoms with Crippen LogP contribution in [0.15, 0.2) is 11.2 Å². The van der Waals surface area contributed by atoms with E-state index in [1.165, 1.54) is 0 Å². The summed E-state index contributed by atoms with van der Waals surface area (Å²) in [6.07, 6.45) is 1.00. The fraction of sp³-hybridized carbons (Fsp3) is 0. The molecule has 0 aromatic heterocycles. The summed E-state index contributed by atoms with van der Waals surface area (Å²) < 4.78 is 0. The Kier molecular flexibility index (Phi) is 3.15. The van der Waals surface area contributed by atoms with E-state index in [1.54, 1.807) is 21.4 Å². The molecule has 0 aliphatic rings. The number of aliphatic hydroxyl groups excluding tert-OH is 1. The van der Waals surface area contributed by atoms with Gasteiger partial charge in [0.05, 0.1) is 0 Å². The first-order valence-electron chi connectivity index (χ1n) is 0.880. The first kappa shape index (κ1) is 4.08. The van der Waals surface area contributed by atoms with Crippen molar-refractivity contribution in [3.63, 3.8) is 0 Å². The maximum atomic E-state index is 7.69. The summed E-state index contributed by atoms with van der Waals surface area (Å²) in [6.45, 7) is 0. The standard InChI is InChI=1S/C2H3GeO/c3-1-2-4/h1-2,4H. The van der Waals surface area contributed by atoms with Gasteiger partial charge < -0.3 is 0 Å². The maximum absolute atomic E-state index is 7.69. The summed E-state index contributed by atoms with van der Waals surface area (Å²) in [4.78, 5) is 1.56. The van der Waals surface area contributed by atoms with E-state index < -0.39 is 0 Å². The van der Waals surface area contributed by atoms with E-state index in [-0.39, 0.29) is 0 Å². The second kappa shape index (κ2) is 3.08. The summed E-state index contributed by atoms with van der Waals surface area (Å²) in [7, 11) is 0. The molecule has 0 aromatic carbocycles. The molecule has 0 saturated heterocycles. The predicted molar refractivity (Wildman–Crippen MR) is 17.5 cm³/mol. The van der Waals surface area contributed by atoms with E-state index in [1.807, 2.05) is 0 Å². The molecule has 0 rings (SSSR count). The Labute approximate surface area is 33.6 Å². The molecule has 0 unspecified atom stereocenters. The molecule has 0 heterocycles. The van der Waals surface area contributed by atoms with Gasteiger partial charge in [-0.3, -0.25) is 0 Å². The van der Waals surface area contributed by atoms with Crippen LogP contribution in [0.3, 0.4) is 0 Å². The summed E-state index contributed by atoms with van der Waals surface area (Å²) in [6, 6.07) is 0. The van der Waals surface area contributed by atoms with Crippen LogP contribution in [0.1, 0.15) is 0 Å². The van der Waals surface area contributed by atoms with Crippen molar-refractivity contribution in [2.45, 2.75) is 0 Å². The quantitative estimate of drug-likeness (QED) is 0.353. The van der Waals surface area contributed by atoms with Crippen LogP contribution in [0.5, 0.6) is 0 Å². The predicted octanol–water partition coefficient (Wildman–Crippen LogP) is 0.184. The zero-order valence-electron chi connectivity index (χ0n) is 2.10. The zero-order valence-corrected chi connectivity index (χ0v) is 4.20. The van der Waals surface area contributed by atoms with E-state index in [4.69, 9.17) is 5.11 Å². The minimum atomic E-state index is 1.00. The second-order valence-electron chi connectivity index (χ2n) is 0.316. The van der Waals surface area contributed by atoms with Crippen LogP contribution in [-0.2, 0) is 0 Å². The molecule has 0 aliphatic carbocycles. The van der Waals surface area contributed by atoms with Gasteiger partial charge in [0.2, 0.25) is 0 Å². The van der Waals surface area contributed by atoms with Crippen molar-refractivity contribution in [1.82, 2.24) is 0 Å². The Balaban J connectivity index is 2.55. The van der Waals surface area contributed by atoms with Gasteiger partial charge in [-0.05, 0) is 0 Å². The molecule has 0 spiro atoms. The molecule has 0 fully saturated rings. The van der Waals surface area contributed by atoms with E-state index in [0.29, 0.717) is 0 Å². The van der Waals surface area contributed by atoms with Gasteiger partial charge in [0.1, 0.15) is 0 Å². The number of rotatable bonds is 0. The Hall–Kier alpha value is 0.0829. The molecular formula is C2H3GeO. The molecule has 0 amide bonds. The Morgan fingerprint density at radius 3 is 2.00 bits per heavy atom. The molecule has 0 atom stereocenters. The van der Waals surface area contributed by atoms with Crippen molar-refractivity contribution in [3.8, 4) is 0 Å². The van der Waals surface area contributed by atoms with Gasteiger partial charge in [0.15, 0.2) is 0 Å². The average Bonchev–Trinajstić information content (AvgIpc) is 1.37. The number of aliphatic hydroxyl groups is 1. The SMILES string of the molecule is OC=[CH][Ge]. The molecule has 1 N–H and O–H groups in total. The van der Waals surface area contributed by atoms with E-state index in [9.17, 15) is 0 Å². The van der Waals surface area contributed by atoms with Crippen molar-refractivity contribution >= 4 is 16.5 Å². The van der Waals surface area contributed by atoms with Crippen LogP contribution in [0.4, 0.5) is 0 Å². The first-order chi connectivity index (χ1) is 1.91. The summed E-state index contributed by atoms with van der Waals surface area (Å²) in [5, 5.41) is 7.69. The topological polar surface area (TPSA) is 20.2 Å². The van der Waals surface area contributed by atoms with Crippen molar-refractivity contribution in [1.29, 1.82) is 0 Å². The normalized spacial score (nSPS) is 9.25. The monoisotopic (exact) mass is 117 g/mol. The number of hydrogen-bond donors (Lipinski definition) is 1. The molecule has 0 saturated carbocycles. The van der Waals surface area contributed by atoms with E-state index >= 15 is 0 Å². The molecular weight excluding hydrogens is 113 g/mol. The summed E-state index contributed by atoms with van der Waals surface area (Å²) in [5.41, 5.74) is 0. The van der Waals surface area contributed by atoms with Crippen molar-refractivity contribution in [2.75, 3.05) is 0 Å². The van der Waals surface area contributed by atoms with Crippen LogP contribution in [-0.4, -0.2) is 21.6 Å². The van der Waals surface area contributed by atoms with Gasteiger partial charge in [0.25, 0.3) is 0 Å². The Morgan fingerprint density at radius 2 is 2.00 bits per heavy atom. The molecule has 0 bridgehead atoms. The zero-order chi connectivity index (χ0) is 3.41. The molecule has 1 nitrogen and oxygen atoms in total. The Morgan fingerprint density at radius 1 is 1.75 bits per heavy atom. The van der Waals surface area contributed by atoms with Crippen molar-refractivity contribution < 1.29 is 5.11 Å². The molecule has 0 aliphatic heterocycles. The third-order valence-corrected chi connectivity index (χ3v) is 0.387. The second-order valence-corrected chi connectivity index (χ2v) is 1.02. The molecule has 2 heteroatoms. The Bertz CT molecular complexity index is 21.2. The van der Waals surface area contributed by atoms with Gasteiger partial charge in [-0.1, -0.05) is 0 Å². The first-order valence-corrected chi connectivity index (χ1v) is 2.09. The third kappa shape index (κ3) is 2.08. The third-order valence-electron chi connectivity index (χ3n) is 0.0745. The molecule has 0 aromatic rings. The van der Waals surface area contributed by atoms with Gasteiger partial charge in [-0.2, -0.15) is 0 Å². The van der Waals surface area contributed by atoms with Gasteiger partial charge in [-0.25, -0.2) is 0 Å². The molecule has 3 radical (unpaired) electrons. The molecule has 4 heavy (non-hydrogen) atoms. The van der Waals surface area contributed by atoms with E-state index in [2.05, 4.69) is 0 Å². The van der Waals surface area contributed by atoms with Crippen LogP contribution < -0.4 is 0 Å². The average molecular weight is 116 g/mol. The summed E-state index contributed by atoms with van der Waals surface area (Å²) in [5.74, 6) is 0. The fourth-order valence-corrected chi connectivity index (χ4v) is 0. The van der Waals surface area contributed by atoms with Crippen molar-refractivity contribution in [2.24, 2.45) is 0 Å². The van der Waals surface area contributed by atoms with Crippen LogP contribution in [0.25, 0.3) is 0 Å². The van der Waals surface area contributed by atoms with Crippen molar-refractivity contribution in [3.05, 3.63) is 11.2 Å². The molecule has 21 valence electrons. The van der Waals surface area contributed by atoms with Gasteiger partial charge >= 0.3 is 32.8 Å².